The number of halogens is 3. The van der Waals surface area contributed by atoms with Crippen molar-refractivity contribution in [3.05, 3.63) is 98.2 Å². The van der Waals surface area contributed by atoms with E-state index in [1.54, 1.807) is 5.01 Å². The fourth-order valence-electron chi connectivity index (χ4n) is 3.89. The summed E-state index contributed by atoms with van der Waals surface area (Å²) in [7, 11) is 1.53. The number of para-hydroxylation sites is 1. The Morgan fingerprint density at radius 3 is 2.30 bits per heavy atom. The SMILES string of the molecule is COc1c(Cl)cc(CN2N=C(c3ccc(Cl)cc3)c3ccccc3-n3c(C)nnc32)cc1Cl. The predicted octanol–water partition coefficient (Wildman–Crippen LogP) is 6.32. The Balaban J connectivity index is 1.70. The van der Waals surface area contributed by atoms with E-state index in [1.807, 2.05) is 72.2 Å². The van der Waals surface area contributed by atoms with E-state index in [0.717, 1.165) is 33.9 Å². The van der Waals surface area contributed by atoms with Gasteiger partial charge >= 0.3 is 0 Å². The average Bonchev–Trinajstić information content (AvgIpc) is 3.12. The zero-order chi connectivity index (χ0) is 23.1. The number of aryl methyl sites for hydroxylation is 1. The van der Waals surface area contributed by atoms with Gasteiger partial charge in [-0.25, -0.2) is 5.01 Å². The van der Waals surface area contributed by atoms with Crippen LogP contribution in [0.5, 0.6) is 5.75 Å². The molecule has 4 aromatic rings. The maximum Gasteiger partial charge on any atom is 0.252 e. The van der Waals surface area contributed by atoms with E-state index in [4.69, 9.17) is 44.6 Å². The molecule has 0 aliphatic carbocycles. The van der Waals surface area contributed by atoms with Crippen LogP contribution in [0.4, 0.5) is 5.95 Å². The molecule has 5 rings (SSSR count). The number of methoxy groups -OCH3 is 1. The van der Waals surface area contributed by atoms with Crippen molar-refractivity contribution in [2.45, 2.75) is 13.5 Å². The quantitative estimate of drug-likeness (QED) is 0.330. The number of fused-ring (bicyclic) bond motifs is 3. The van der Waals surface area contributed by atoms with Gasteiger partial charge < -0.3 is 4.74 Å². The van der Waals surface area contributed by atoms with Crippen molar-refractivity contribution in [3.63, 3.8) is 0 Å². The molecule has 3 aromatic carbocycles. The maximum absolute atomic E-state index is 6.39. The molecule has 0 bridgehead atoms. The summed E-state index contributed by atoms with van der Waals surface area (Å²) in [6.45, 7) is 2.28. The molecule has 0 unspecified atom stereocenters. The van der Waals surface area contributed by atoms with Gasteiger partial charge in [0.15, 0.2) is 5.75 Å². The molecule has 0 fully saturated rings. The van der Waals surface area contributed by atoms with Crippen molar-refractivity contribution in [2.75, 3.05) is 12.1 Å². The zero-order valence-electron chi connectivity index (χ0n) is 17.8. The molecule has 0 spiro atoms. The van der Waals surface area contributed by atoms with Crippen molar-refractivity contribution >= 4 is 46.5 Å². The highest BCUT2D eigenvalue weighted by Gasteiger charge is 2.26. The summed E-state index contributed by atoms with van der Waals surface area (Å²) in [4.78, 5) is 0. The van der Waals surface area contributed by atoms with Crippen LogP contribution in [0.2, 0.25) is 15.1 Å². The Hall–Kier alpha value is -3.06. The Morgan fingerprint density at radius 1 is 0.909 bits per heavy atom. The van der Waals surface area contributed by atoms with Gasteiger partial charge in [0.2, 0.25) is 0 Å². The van der Waals surface area contributed by atoms with E-state index in [9.17, 15) is 0 Å². The van der Waals surface area contributed by atoms with E-state index in [0.29, 0.717) is 33.3 Å². The third kappa shape index (κ3) is 3.95. The lowest BCUT2D eigenvalue weighted by molar-refractivity contribution is 0.415. The summed E-state index contributed by atoms with van der Waals surface area (Å²) in [5, 5.41) is 17.1. The average molecular weight is 499 g/mol. The molecule has 166 valence electrons. The molecular formula is C24H18Cl3N5O. The van der Waals surface area contributed by atoms with Crippen LogP contribution in [0, 0.1) is 6.92 Å². The van der Waals surface area contributed by atoms with Crippen LogP contribution in [-0.2, 0) is 6.54 Å². The molecule has 2 heterocycles. The summed E-state index contributed by atoms with van der Waals surface area (Å²) in [5.41, 5.74) is 4.47. The molecule has 0 saturated heterocycles. The molecule has 0 amide bonds. The Morgan fingerprint density at radius 2 is 1.61 bits per heavy atom. The topological polar surface area (TPSA) is 55.5 Å². The van der Waals surface area contributed by atoms with Crippen molar-refractivity contribution < 1.29 is 4.74 Å². The van der Waals surface area contributed by atoms with Crippen molar-refractivity contribution in [1.29, 1.82) is 0 Å². The first-order valence-electron chi connectivity index (χ1n) is 10.1. The second-order valence-electron chi connectivity index (χ2n) is 7.51. The number of rotatable bonds is 4. The number of anilines is 1. The summed E-state index contributed by atoms with van der Waals surface area (Å²) in [5.74, 6) is 1.78. The molecule has 33 heavy (non-hydrogen) atoms. The number of hydrazone groups is 1. The normalized spacial score (nSPS) is 12.6. The summed E-state index contributed by atoms with van der Waals surface area (Å²) in [6.07, 6.45) is 0. The smallest absolute Gasteiger partial charge is 0.252 e. The van der Waals surface area contributed by atoms with Gasteiger partial charge in [-0.05, 0) is 42.8 Å². The van der Waals surface area contributed by atoms with Crippen LogP contribution < -0.4 is 9.75 Å². The fraction of sp³-hybridized carbons (Fsp3) is 0.125. The fourth-order valence-corrected chi connectivity index (χ4v) is 4.70. The first-order valence-corrected chi connectivity index (χ1v) is 11.3. The summed E-state index contributed by atoms with van der Waals surface area (Å²) in [6, 6.07) is 19.3. The predicted molar refractivity (Wildman–Crippen MR) is 132 cm³/mol. The standard InChI is InChI=1S/C24H18Cl3N5O/c1-14-28-29-24-31(13-15-11-19(26)23(33-2)20(27)12-15)30-22(16-7-9-17(25)10-8-16)18-5-3-4-6-21(18)32(14)24/h3-12H,13H2,1-2H3. The van der Waals surface area contributed by atoms with Crippen LogP contribution in [0.25, 0.3) is 5.69 Å². The highest BCUT2D eigenvalue weighted by Crippen LogP contribution is 2.36. The van der Waals surface area contributed by atoms with E-state index in [1.165, 1.54) is 7.11 Å². The van der Waals surface area contributed by atoms with Crippen LogP contribution in [0.3, 0.4) is 0 Å². The Labute approximate surface area is 206 Å². The summed E-state index contributed by atoms with van der Waals surface area (Å²) >= 11 is 18.9. The highest BCUT2D eigenvalue weighted by molar-refractivity contribution is 6.37. The van der Waals surface area contributed by atoms with E-state index in [-0.39, 0.29) is 0 Å². The van der Waals surface area contributed by atoms with Crippen molar-refractivity contribution in [2.24, 2.45) is 5.10 Å². The molecule has 0 saturated carbocycles. The number of hydrogen-bond donors (Lipinski definition) is 0. The highest BCUT2D eigenvalue weighted by atomic mass is 35.5. The molecule has 1 aromatic heterocycles. The van der Waals surface area contributed by atoms with E-state index >= 15 is 0 Å². The van der Waals surface area contributed by atoms with Gasteiger partial charge in [0.1, 0.15) is 11.5 Å². The number of aromatic nitrogens is 3. The van der Waals surface area contributed by atoms with Gasteiger partial charge in [-0.15, -0.1) is 10.2 Å². The van der Waals surface area contributed by atoms with Gasteiger partial charge in [0, 0.05) is 16.1 Å². The lowest BCUT2D eigenvalue weighted by atomic mass is 10.0. The van der Waals surface area contributed by atoms with Crippen LogP contribution in [-0.4, -0.2) is 27.6 Å². The second kappa shape index (κ2) is 8.71. The van der Waals surface area contributed by atoms with Gasteiger partial charge in [0.05, 0.1) is 29.4 Å². The molecule has 6 nitrogen and oxygen atoms in total. The van der Waals surface area contributed by atoms with Gasteiger partial charge in [-0.3, -0.25) is 4.57 Å². The van der Waals surface area contributed by atoms with Crippen LogP contribution in [0.15, 0.2) is 65.8 Å². The van der Waals surface area contributed by atoms with Gasteiger partial charge in [-0.2, -0.15) is 5.10 Å². The molecular weight excluding hydrogens is 481 g/mol. The van der Waals surface area contributed by atoms with Gasteiger partial charge in [-0.1, -0.05) is 65.1 Å². The van der Waals surface area contributed by atoms with Crippen LogP contribution >= 0.6 is 34.8 Å². The first-order chi connectivity index (χ1) is 16.0. The Bertz CT molecular complexity index is 1360. The lowest BCUT2D eigenvalue weighted by Gasteiger charge is -2.19. The molecule has 0 N–H and O–H groups in total. The molecule has 9 heteroatoms. The van der Waals surface area contributed by atoms with Crippen molar-refractivity contribution in [1.82, 2.24) is 14.8 Å². The maximum atomic E-state index is 6.39. The lowest BCUT2D eigenvalue weighted by Crippen LogP contribution is -2.20. The van der Waals surface area contributed by atoms with E-state index < -0.39 is 0 Å². The van der Waals surface area contributed by atoms with E-state index in [2.05, 4.69) is 10.2 Å². The zero-order valence-corrected chi connectivity index (χ0v) is 20.0. The molecule has 1 aliphatic heterocycles. The molecule has 0 atom stereocenters. The Kier molecular flexibility index (Phi) is 5.74. The number of nitrogens with zero attached hydrogens (tertiary/aromatic N) is 5. The van der Waals surface area contributed by atoms with Crippen LogP contribution in [0.1, 0.15) is 22.5 Å². The number of hydrogen-bond acceptors (Lipinski definition) is 5. The monoisotopic (exact) mass is 497 g/mol. The largest absolute Gasteiger partial charge is 0.494 e. The minimum atomic E-state index is 0.368. The third-order valence-corrected chi connectivity index (χ3v) is 6.19. The molecule has 0 radical (unpaired) electrons. The van der Waals surface area contributed by atoms with Crippen molar-refractivity contribution in [3.8, 4) is 11.4 Å². The minimum absolute atomic E-state index is 0.368. The second-order valence-corrected chi connectivity index (χ2v) is 8.76. The first kappa shape index (κ1) is 21.8. The number of benzene rings is 3. The van der Waals surface area contributed by atoms with Gasteiger partial charge in [0.25, 0.3) is 5.95 Å². The minimum Gasteiger partial charge on any atom is -0.494 e. The third-order valence-electron chi connectivity index (χ3n) is 5.37. The molecule has 1 aliphatic rings. The summed E-state index contributed by atoms with van der Waals surface area (Å²) < 4.78 is 7.28. The number of ether oxygens (including phenoxy) is 1.